The number of rotatable bonds is 4. The van der Waals surface area contributed by atoms with E-state index in [-0.39, 0.29) is 24.5 Å². The Morgan fingerprint density at radius 2 is 2.24 bits per heavy atom. The third kappa shape index (κ3) is 5.43. The predicted molar refractivity (Wildman–Crippen MR) is 82.2 cm³/mol. The van der Waals surface area contributed by atoms with Crippen LogP contribution in [0.25, 0.3) is 0 Å². The largest absolute Gasteiger partial charge is 0.351 e. The lowest BCUT2D eigenvalue weighted by molar-refractivity contribution is -0.120. The van der Waals surface area contributed by atoms with Gasteiger partial charge in [-0.15, -0.1) is 0 Å². The molecule has 1 atom stereocenters. The van der Waals surface area contributed by atoms with E-state index in [1.54, 1.807) is 6.07 Å². The van der Waals surface area contributed by atoms with E-state index in [1.807, 2.05) is 25.1 Å². The van der Waals surface area contributed by atoms with Crippen molar-refractivity contribution in [1.29, 1.82) is 0 Å². The minimum absolute atomic E-state index is 0.0197. The quantitative estimate of drug-likeness (QED) is 0.667. The minimum Gasteiger partial charge on any atom is -0.351 e. The first-order valence-corrected chi connectivity index (χ1v) is 7.25. The summed E-state index contributed by atoms with van der Waals surface area (Å²) in [6, 6.07) is 7.28. The molecule has 4 N–H and O–H groups in total. The van der Waals surface area contributed by atoms with Crippen molar-refractivity contribution >= 4 is 17.6 Å². The van der Waals surface area contributed by atoms with Crippen molar-refractivity contribution in [2.24, 2.45) is 0 Å². The number of nitrogens with one attached hydrogen (secondary N) is 4. The molecule has 0 radical (unpaired) electrons. The van der Waals surface area contributed by atoms with Crippen LogP contribution >= 0.6 is 0 Å². The van der Waals surface area contributed by atoms with E-state index < -0.39 is 0 Å². The SMILES string of the molecule is Cc1cccc(NC(=O)NCC(=O)NC2CCCNC2)c1. The molecular weight excluding hydrogens is 268 g/mol. The van der Waals surface area contributed by atoms with Crippen molar-refractivity contribution in [1.82, 2.24) is 16.0 Å². The molecule has 1 aliphatic rings. The number of piperidine rings is 1. The van der Waals surface area contributed by atoms with Gasteiger partial charge in [0.25, 0.3) is 0 Å². The van der Waals surface area contributed by atoms with Gasteiger partial charge in [0.1, 0.15) is 0 Å². The average molecular weight is 290 g/mol. The molecule has 1 heterocycles. The Hall–Kier alpha value is -2.08. The van der Waals surface area contributed by atoms with Gasteiger partial charge in [-0.3, -0.25) is 4.79 Å². The maximum atomic E-state index is 11.7. The van der Waals surface area contributed by atoms with Crippen LogP contribution < -0.4 is 21.3 Å². The molecule has 1 unspecified atom stereocenters. The molecule has 1 aromatic rings. The molecule has 1 fully saturated rings. The molecule has 3 amide bonds. The zero-order valence-corrected chi connectivity index (χ0v) is 12.2. The zero-order chi connectivity index (χ0) is 15.1. The van der Waals surface area contributed by atoms with Crippen LogP contribution in [0, 0.1) is 6.92 Å². The molecule has 1 aromatic carbocycles. The van der Waals surface area contributed by atoms with E-state index in [0.717, 1.165) is 31.5 Å². The van der Waals surface area contributed by atoms with Crippen LogP contribution in [0.5, 0.6) is 0 Å². The standard InChI is InChI=1S/C15H22N4O2/c1-11-4-2-5-12(8-11)19-15(21)17-10-14(20)18-13-6-3-7-16-9-13/h2,4-5,8,13,16H,3,6-7,9-10H2,1H3,(H,18,20)(H2,17,19,21). The lowest BCUT2D eigenvalue weighted by Gasteiger charge is -2.23. The monoisotopic (exact) mass is 290 g/mol. The Morgan fingerprint density at radius 1 is 1.38 bits per heavy atom. The van der Waals surface area contributed by atoms with Crippen LogP contribution in [0.2, 0.25) is 0 Å². The summed E-state index contributed by atoms with van der Waals surface area (Å²) < 4.78 is 0. The number of hydrogen-bond acceptors (Lipinski definition) is 3. The number of amides is 3. The Kier molecular flexibility index (Phi) is 5.57. The first kappa shape index (κ1) is 15.3. The molecule has 114 valence electrons. The first-order valence-electron chi connectivity index (χ1n) is 7.25. The average Bonchev–Trinajstić information content (AvgIpc) is 2.46. The molecular formula is C15H22N4O2. The van der Waals surface area contributed by atoms with Crippen molar-refractivity contribution in [2.75, 3.05) is 25.0 Å². The number of urea groups is 1. The lowest BCUT2D eigenvalue weighted by atomic mass is 10.1. The molecule has 0 aromatic heterocycles. The lowest BCUT2D eigenvalue weighted by Crippen LogP contribution is -2.48. The molecule has 2 rings (SSSR count). The number of carbonyl (C=O) groups is 2. The molecule has 0 aliphatic carbocycles. The number of aryl methyl sites for hydroxylation is 1. The van der Waals surface area contributed by atoms with E-state index >= 15 is 0 Å². The molecule has 0 spiro atoms. The fourth-order valence-corrected chi connectivity index (χ4v) is 2.31. The molecule has 6 heteroatoms. The fourth-order valence-electron chi connectivity index (χ4n) is 2.31. The van der Waals surface area contributed by atoms with E-state index in [2.05, 4.69) is 21.3 Å². The fraction of sp³-hybridized carbons (Fsp3) is 0.467. The first-order chi connectivity index (χ1) is 10.1. The van der Waals surface area contributed by atoms with Crippen LogP contribution in [0.1, 0.15) is 18.4 Å². The van der Waals surface area contributed by atoms with Crippen molar-refractivity contribution in [3.05, 3.63) is 29.8 Å². The highest BCUT2D eigenvalue weighted by Gasteiger charge is 2.15. The Morgan fingerprint density at radius 3 is 2.95 bits per heavy atom. The Balaban J connectivity index is 1.69. The molecule has 0 saturated carbocycles. The third-order valence-corrected chi connectivity index (χ3v) is 3.35. The predicted octanol–water partition coefficient (Wildman–Crippen LogP) is 0.985. The number of anilines is 1. The van der Waals surface area contributed by atoms with Gasteiger partial charge in [0.2, 0.25) is 5.91 Å². The normalized spacial score (nSPS) is 17.9. The number of benzene rings is 1. The topological polar surface area (TPSA) is 82.3 Å². The van der Waals surface area contributed by atoms with Crippen molar-refractivity contribution in [2.45, 2.75) is 25.8 Å². The van der Waals surface area contributed by atoms with Gasteiger partial charge >= 0.3 is 6.03 Å². The van der Waals surface area contributed by atoms with Crippen molar-refractivity contribution < 1.29 is 9.59 Å². The van der Waals surface area contributed by atoms with Crippen molar-refractivity contribution in [3.63, 3.8) is 0 Å². The van der Waals surface area contributed by atoms with E-state index in [9.17, 15) is 9.59 Å². The summed E-state index contributed by atoms with van der Waals surface area (Å²) in [5.41, 5.74) is 1.78. The molecule has 21 heavy (non-hydrogen) atoms. The van der Waals surface area contributed by atoms with Gasteiger partial charge in [-0.05, 0) is 44.0 Å². The van der Waals surface area contributed by atoms with Crippen LogP contribution in [0.4, 0.5) is 10.5 Å². The summed E-state index contributed by atoms with van der Waals surface area (Å²) >= 11 is 0. The number of carbonyl (C=O) groups excluding carboxylic acids is 2. The van der Waals surface area contributed by atoms with Gasteiger partial charge in [0, 0.05) is 18.3 Å². The van der Waals surface area contributed by atoms with Gasteiger partial charge in [-0.25, -0.2) is 4.79 Å². The Labute approximate surface area is 124 Å². The molecule has 1 saturated heterocycles. The van der Waals surface area contributed by atoms with Crippen LogP contribution in [-0.2, 0) is 4.79 Å². The summed E-state index contributed by atoms with van der Waals surface area (Å²) in [5.74, 6) is -0.164. The van der Waals surface area contributed by atoms with Gasteiger partial charge < -0.3 is 21.3 Å². The summed E-state index contributed by atoms with van der Waals surface area (Å²) in [6.45, 7) is 3.73. The smallest absolute Gasteiger partial charge is 0.319 e. The highest BCUT2D eigenvalue weighted by molar-refractivity contribution is 5.92. The second-order valence-electron chi connectivity index (χ2n) is 5.29. The van der Waals surface area contributed by atoms with E-state index in [4.69, 9.17) is 0 Å². The second kappa shape index (κ2) is 7.64. The van der Waals surface area contributed by atoms with Crippen LogP contribution in [-0.4, -0.2) is 37.6 Å². The highest BCUT2D eigenvalue weighted by atomic mass is 16.2. The molecule has 6 nitrogen and oxygen atoms in total. The van der Waals surface area contributed by atoms with Crippen LogP contribution in [0.3, 0.4) is 0 Å². The molecule has 0 bridgehead atoms. The minimum atomic E-state index is -0.377. The second-order valence-corrected chi connectivity index (χ2v) is 5.29. The van der Waals surface area contributed by atoms with Crippen molar-refractivity contribution in [3.8, 4) is 0 Å². The summed E-state index contributed by atoms with van der Waals surface area (Å²) in [5, 5.41) is 11.4. The summed E-state index contributed by atoms with van der Waals surface area (Å²) in [7, 11) is 0. The third-order valence-electron chi connectivity index (χ3n) is 3.35. The maximum absolute atomic E-state index is 11.7. The van der Waals surface area contributed by atoms with E-state index in [0.29, 0.717) is 5.69 Å². The van der Waals surface area contributed by atoms with Crippen LogP contribution in [0.15, 0.2) is 24.3 Å². The number of hydrogen-bond donors (Lipinski definition) is 4. The zero-order valence-electron chi connectivity index (χ0n) is 12.2. The summed E-state index contributed by atoms with van der Waals surface area (Å²) in [6.07, 6.45) is 2.04. The summed E-state index contributed by atoms with van der Waals surface area (Å²) in [4.78, 5) is 23.4. The van der Waals surface area contributed by atoms with Gasteiger partial charge in [-0.1, -0.05) is 12.1 Å². The maximum Gasteiger partial charge on any atom is 0.319 e. The Bertz CT molecular complexity index is 498. The van der Waals surface area contributed by atoms with Gasteiger partial charge in [-0.2, -0.15) is 0 Å². The van der Waals surface area contributed by atoms with E-state index in [1.165, 1.54) is 0 Å². The van der Waals surface area contributed by atoms with Gasteiger partial charge in [0.05, 0.1) is 6.54 Å². The highest BCUT2D eigenvalue weighted by Crippen LogP contribution is 2.08. The van der Waals surface area contributed by atoms with Gasteiger partial charge in [0.15, 0.2) is 0 Å². The molecule has 1 aliphatic heterocycles.